The minimum Gasteiger partial charge on any atom is -0.480 e. The zero-order valence-corrected chi connectivity index (χ0v) is 8.27. The summed E-state index contributed by atoms with van der Waals surface area (Å²) in [5.41, 5.74) is 0. The lowest BCUT2D eigenvalue weighted by Crippen LogP contribution is -1.92. The largest absolute Gasteiger partial charge is 0.480 e. The van der Waals surface area contributed by atoms with Crippen LogP contribution >= 0.6 is 11.5 Å². The molecule has 13 heavy (non-hydrogen) atoms. The molecule has 0 N–H and O–H groups in total. The van der Waals surface area contributed by atoms with Gasteiger partial charge >= 0.3 is 0 Å². The third kappa shape index (κ3) is 2.56. The van der Waals surface area contributed by atoms with E-state index in [1.165, 1.54) is 7.11 Å². The Morgan fingerprint density at radius 3 is 3.08 bits per heavy atom. The Hall–Kier alpha value is -1.34. The van der Waals surface area contributed by atoms with E-state index in [4.69, 9.17) is 4.74 Å². The van der Waals surface area contributed by atoms with E-state index in [0.717, 1.165) is 11.5 Å². The number of rotatable bonds is 3. The summed E-state index contributed by atoms with van der Waals surface area (Å²) in [6.45, 7) is 1.71. The van der Waals surface area contributed by atoms with E-state index in [1.807, 2.05) is 0 Å². The quantitative estimate of drug-likeness (QED) is 0.545. The lowest BCUT2D eigenvalue weighted by molar-refractivity contribution is 0.100. The minimum atomic E-state index is -0.00449. The van der Waals surface area contributed by atoms with Gasteiger partial charge in [-0.25, -0.2) is 0 Å². The topological polar surface area (TPSA) is 39.2 Å². The number of hydrogen-bond donors (Lipinski definition) is 0. The molecule has 0 radical (unpaired) electrons. The van der Waals surface area contributed by atoms with E-state index in [9.17, 15) is 4.79 Å². The maximum absolute atomic E-state index is 11.3. The van der Waals surface area contributed by atoms with Crippen molar-refractivity contribution in [2.75, 3.05) is 7.11 Å². The number of hydrogen-bond acceptors (Lipinski definition) is 4. The number of Topliss-reactive ketones (excluding diaryl/α,β-unsaturated/α-hetero) is 1. The average Bonchev–Trinajstić information content (AvgIpc) is 2.62. The van der Waals surface area contributed by atoms with Crippen molar-refractivity contribution in [1.82, 2.24) is 4.37 Å². The van der Waals surface area contributed by atoms with Crippen molar-refractivity contribution in [1.29, 1.82) is 0 Å². The van der Waals surface area contributed by atoms with Gasteiger partial charge in [-0.1, -0.05) is 5.92 Å². The molecule has 0 aliphatic heterocycles. The van der Waals surface area contributed by atoms with Crippen molar-refractivity contribution in [3.8, 4) is 17.7 Å². The van der Waals surface area contributed by atoms with Crippen LogP contribution in [0, 0.1) is 11.8 Å². The van der Waals surface area contributed by atoms with Gasteiger partial charge in [-0.3, -0.25) is 4.79 Å². The number of ether oxygens (including phenoxy) is 1. The number of carbonyl (C=O) groups is 1. The van der Waals surface area contributed by atoms with Crippen LogP contribution < -0.4 is 4.74 Å². The summed E-state index contributed by atoms with van der Waals surface area (Å²) < 4.78 is 8.77. The molecule has 68 valence electrons. The summed E-state index contributed by atoms with van der Waals surface area (Å²) >= 11 is 1.14. The standard InChI is InChI=1S/C9H9NO2S/c1-3-4-5-7(11)8-6-9(12-2)10-13-8/h6H,5H2,1-2H3. The van der Waals surface area contributed by atoms with Gasteiger partial charge < -0.3 is 4.74 Å². The summed E-state index contributed by atoms with van der Waals surface area (Å²) in [4.78, 5) is 11.9. The molecule has 0 aliphatic rings. The molecule has 0 bridgehead atoms. The predicted octanol–water partition coefficient (Wildman–Crippen LogP) is 1.75. The summed E-state index contributed by atoms with van der Waals surface area (Å²) in [6.07, 6.45) is 0.252. The Labute approximate surface area is 80.9 Å². The molecule has 0 amide bonds. The summed E-state index contributed by atoms with van der Waals surface area (Å²) in [7, 11) is 1.52. The molecular formula is C9H9NO2S. The first-order chi connectivity index (χ1) is 6.27. The molecule has 1 rings (SSSR count). The molecular weight excluding hydrogens is 186 g/mol. The van der Waals surface area contributed by atoms with Crippen LogP contribution in [0.3, 0.4) is 0 Å². The Morgan fingerprint density at radius 2 is 2.54 bits per heavy atom. The van der Waals surface area contributed by atoms with Gasteiger partial charge in [-0.15, -0.1) is 5.92 Å². The Kier molecular flexibility index (Phi) is 3.47. The van der Waals surface area contributed by atoms with E-state index < -0.39 is 0 Å². The second kappa shape index (κ2) is 4.63. The van der Waals surface area contributed by atoms with Crippen LogP contribution in [0.5, 0.6) is 5.88 Å². The van der Waals surface area contributed by atoms with Crippen LogP contribution in [-0.4, -0.2) is 17.3 Å². The molecule has 0 atom stereocenters. The number of nitrogens with zero attached hydrogens (tertiary/aromatic N) is 1. The van der Waals surface area contributed by atoms with Crippen LogP contribution in [0.4, 0.5) is 0 Å². The Balaban J connectivity index is 2.69. The lowest BCUT2D eigenvalue weighted by Gasteiger charge is -1.88. The molecule has 1 aromatic rings. The fourth-order valence-corrected chi connectivity index (χ4v) is 1.39. The van der Waals surface area contributed by atoms with E-state index >= 15 is 0 Å². The minimum absolute atomic E-state index is 0.00449. The first-order valence-electron chi connectivity index (χ1n) is 3.71. The van der Waals surface area contributed by atoms with Gasteiger partial charge in [0.15, 0.2) is 5.78 Å². The van der Waals surface area contributed by atoms with Gasteiger partial charge in [0.25, 0.3) is 0 Å². The number of aromatic nitrogens is 1. The average molecular weight is 195 g/mol. The van der Waals surface area contributed by atoms with Crippen LogP contribution in [0.15, 0.2) is 6.07 Å². The van der Waals surface area contributed by atoms with E-state index in [2.05, 4.69) is 16.2 Å². The second-order valence-electron chi connectivity index (χ2n) is 2.26. The molecule has 1 aromatic heterocycles. The van der Waals surface area contributed by atoms with Crippen LogP contribution in [0.2, 0.25) is 0 Å². The highest BCUT2D eigenvalue weighted by atomic mass is 32.1. The fourth-order valence-electron chi connectivity index (χ4n) is 0.742. The predicted molar refractivity (Wildman–Crippen MR) is 51.1 cm³/mol. The molecule has 0 saturated heterocycles. The van der Waals surface area contributed by atoms with Crippen molar-refractivity contribution in [2.24, 2.45) is 0 Å². The van der Waals surface area contributed by atoms with Crippen LogP contribution in [0.1, 0.15) is 23.0 Å². The van der Waals surface area contributed by atoms with Crippen molar-refractivity contribution >= 4 is 17.3 Å². The van der Waals surface area contributed by atoms with Crippen molar-refractivity contribution in [2.45, 2.75) is 13.3 Å². The molecule has 0 spiro atoms. The SMILES string of the molecule is CC#CCC(=O)c1cc(OC)ns1. The van der Waals surface area contributed by atoms with E-state index in [1.54, 1.807) is 13.0 Å². The second-order valence-corrected chi connectivity index (χ2v) is 3.07. The van der Waals surface area contributed by atoms with Crippen LogP contribution in [0.25, 0.3) is 0 Å². The molecule has 0 fully saturated rings. The van der Waals surface area contributed by atoms with Gasteiger partial charge in [0, 0.05) is 6.07 Å². The first kappa shape index (κ1) is 9.75. The molecule has 4 heteroatoms. The smallest absolute Gasteiger partial charge is 0.225 e. The fraction of sp³-hybridized carbons (Fsp3) is 0.333. The van der Waals surface area contributed by atoms with Crippen molar-refractivity contribution < 1.29 is 9.53 Å². The highest BCUT2D eigenvalue weighted by molar-refractivity contribution is 7.08. The molecule has 0 aliphatic carbocycles. The molecule has 0 aromatic carbocycles. The highest BCUT2D eigenvalue weighted by Gasteiger charge is 2.08. The number of methoxy groups -OCH3 is 1. The Morgan fingerprint density at radius 1 is 1.77 bits per heavy atom. The molecule has 0 saturated carbocycles. The molecule has 3 nitrogen and oxygen atoms in total. The van der Waals surface area contributed by atoms with E-state index in [-0.39, 0.29) is 12.2 Å². The Bertz CT molecular complexity index is 359. The zero-order valence-electron chi connectivity index (χ0n) is 7.46. The summed E-state index contributed by atoms with van der Waals surface area (Å²) in [5.74, 6) is 5.86. The van der Waals surface area contributed by atoms with Gasteiger partial charge in [0.05, 0.1) is 18.4 Å². The van der Waals surface area contributed by atoms with Gasteiger partial charge in [-0.05, 0) is 18.5 Å². The normalized spacial score (nSPS) is 8.77. The lowest BCUT2D eigenvalue weighted by atomic mass is 10.2. The maximum Gasteiger partial charge on any atom is 0.225 e. The highest BCUT2D eigenvalue weighted by Crippen LogP contribution is 2.17. The third-order valence-electron chi connectivity index (χ3n) is 1.40. The monoisotopic (exact) mass is 195 g/mol. The molecule has 0 unspecified atom stereocenters. The zero-order chi connectivity index (χ0) is 9.68. The number of carbonyl (C=O) groups excluding carboxylic acids is 1. The molecule has 1 heterocycles. The third-order valence-corrected chi connectivity index (χ3v) is 2.21. The van der Waals surface area contributed by atoms with Crippen molar-refractivity contribution in [3.63, 3.8) is 0 Å². The maximum atomic E-state index is 11.3. The van der Waals surface area contributed by atoms with Crippen molar-refractivity contribution in [3.05, 3.63) is 10.9 Å². The van der Waals surface area contributed by atoms with Gasteiger partial charge in [0.2, 0.25) is 5.88 Å². The van der Waals surface area contributed by atoms with Crippen LogP contribution in [-0.2, 0) is 0 Å². The summed E-state index contributed by atoms with van der Waals surface area (Å²) in [6, 6.07) is 1.63. The van der Waals surface area contributed by atoms with Gasteiger partial charge in [0.1, 0.15) is 0 Å². The van der Waals surface area contributed by atoms with Gasteiger partial charge in [-0.2, -0.15) is 4.37 Å². The van der Waals surface area contributed by atoms with E-state index in [0.29, 0.717) is 10.8 Å². The summed E-state index contributed by atoms with van der Waals surface area (Å²) in [5, 5.41) is 0. The number of ketones is 1. The first-order valence-corrected chi connectivity index (χ1v) is 4.48.